The van der Waals surface area contributed by atoms with E-state index in [4.69, 9.17) is 17.0 Å². The fraction of sp³-hybridized carbons (Fsp3) is 0.667. The molecule has 0 aromatic heterocycles. The van der Waals surface area contributed by atoms with Gasteiger partial charge in [-0.25, -0.2) is 0 Å². The Morgan fingerprint density at radius 3 is 2.50 bits per heavy atom. The van der Waals surface area contributed by atoms with E-state index in [0.717, 1.165) is 0 Å². The van der Waals surface area contributed by atoms with Gasteiger partial charge in [0.25, 0.3) is 0 Å². The van der Waals surface area contributed by atoms with Crippen LogP contribution in [0.25, 0.3) is 0 Å². The fourth-order valence-corrected chi connectivity index (χ4v) is 0.164. The lowest BCUT2D eigenvalue weighted by atomic mass is 10.8. The van der Waals surface area contributed by atoms with Crippen molar-refractivity contribution in [2.75, 3.05) is 13.0 Å². The number of ether oxygens (including phenoxy) is 1. The van der Waals surface area contributed by atoms with Crippen molar-refractivity contribution in [3.63, 3.8) is 0 Å². The maximum Gasteiger partial charge on any atom is 0.195 e. The van der Waals surface area contributed by atoms with Crippen molar-refractivity contribution >= 4 is 17.5 Å². The zero-order chi connectivity index (χ0) is 4.99. The summed E-state index contributed by atoms with van der Waals surface area (Å²) in [4.78, 5) is 0. The summed E-state index contributed by atoms with van der Waals surface area (Å²) in [5.41, 5.74) is 0. The lowest BCUT2D eigenvalue weighted by Crippen LogP contribution is -1.98. The number of methoxy groups -OCH3 is 1. The fourth-order valence-electron chi connectivity index (χ4n) is 0.0546. The minimum absolute atomic E-state index is 0.108. The van der Waals surface area contributed by atoms with Crippen LogP contribution < -0.4 is 0 Å². The Hall–Kier alpha value is -0.240. The molecule has 0 radical (unpaired) electrons. The molecular formula is C3H6ClNO. The largest absolute Gasteiger partial charge is 0.484 e. The van der Waals surface area contributed by atoms with Crippen molar-refractivity contribution < 1.29 is 4.74 Å². The Morgan fingerprint density at radius 1 is 2.00 bits per heavy atom. The zero-order valence-electron chi connectivity index (χ0n) is 3.49. The van der Waals surface area contributed by atoms with Crippen molar-refractivity contribution in [2.24, 2.45) is 0 Å². The topological polar surface area (TPSA) is 33.1 Å². The van der Waals surface area contributed by atoms with E-state index < -0.39 is 0 Å². The predicted octanol–water partition coefficient (Wildman–Crippen LogP) is 0.849. The van der Waals surface area contributed by atoms with Gasteiger partial charge in [0, 0.05) is 0 Å². The van der Waals surface area contributed by atoms with Gasteiger partial charge in [-0.1, -0.05) is 0 Å². The molecule has 0 atom stereocenters. The third-order valence-electron chi connectivity index (χ3n) is 0.368. The van der Waals surface area contributed by atoms with Gasteiger partial charge in [0.05, 0.1) is 13.0 Å². The standard InChI is InChI=1S/C3H6ClNO/c1-6-3(5)2-4/h5H,2H2,1H3. The van der Waals surface area contributed by atoms with Crippen LogP contribution in [0.2, 0.25) is 0 Å². The quantitative estimate of drug-likeness (QED) is 0.301. The second-order valence-electron chi connectivity index (χ2n) is 0.761. The summed E-state index contributed by atoms with van der Waals surface area (Å²) in [6, 6.07) is 0. The normalized spacial score (nSPS) is 7.67. The zero-order valence-corrected chi connectivity index (χ0v) is 4.25. The van der Waals surface area contributed by atoms with Crippen LogP contribution in [0.15, 0.2) is 0 Å². The highest BCUT2D eigenvalue weighted by atomic mass is 35.5. The lowest BCUT2D eigenvalue weighted by molar-refractivity contribution is 0.397. The minimum Gasteiger partial charge on any atom is -0.484 e. The molecule has 0 aromatic rings. The molecule has 0 aromatic carbocycles. The van der Waals surface area contributed by atoms with Crippen LogP contribution >= 0.6 is 11.6 Å². The number of alkyl halides is 1. The molecular weight excluding hydrogens is 101 g/mol. The average molecular weight is 108 g/mol. The van der Waals surface area contributed by atoms with Gasteiger partial charge in [-0.3, -0.25) is 5.41 Å². The van der Waals surface area contributed by atoms with E-state index in [1.165, 1.54) is 7.11 Å². The second kappa shape index (κ2) is 2.97. The van der Waals surface area contributed by atoms with E-state index in [9.17, 15) is 0 Å². The molecule has 2 nitrogen and oxygen atoms in total. The molecule has 0 unspecified atom stereocenters. The minimum atomic E-state index is 0.108. The molecule has 0 fully saturated rings. The Kier molecular flexibility index (Phi) is 2.85. The SMILES string of the molecule is COC(=N)CCl. The van der Waals surface area contributed by atoms with E-state index in [1.54, 1.807) is 0 Å². The average Bonchev–Trinajstić information content (AvgIpc) is 1.65. The molecule has 0 bridgehead atoms. The van der Waals surface area contributed by atoms with Crippen molar-refractivity contribution in [1.29, 1.82) is 5.41 Å². The van der Waals surface area contributed by atoms with Gasteiger partial charge < -0.3 is 4.74 Å². The summed E-state index contributed by atoms with van der Waals surface area (Å²) in [7, 11) is 1.42. The first kappa shape index (κ1) is 5.76. The number of hydrogen-bond acceptors (Lipinski definition) is 2. The summed E-state index contributed by atoms with van der Waals surface area (Å²) >= 11 is 5.10. The van der Waals surface area contributed by atoms with Crippen LogP contribution in [0.1, 0.15) is 0 Å². The van der Waals surface area contributed by atoms with Crippen molar-refractivity contribution in [3.8, 4) is 0 Å². The van der Waals surface area contributed by atoms with Gasteiger partial charge in [-0.15, -0.1) is 11.6 Å². The maximum absolute atomic E-state index is 6.63. The highest BCUT2D eigenvalue weighted by Crippen LogP contribution is 1.76. The van der Waals surface area contributed by atoms with Gasteiger partial charge in [0.2, 0.25) is 0 Å². The van der Waals surface area contributed by atoms with Gasteiger partial charge in [-0.2, -0.15) is 0 Å². The van der Waals surface area contributed by atoms with Crippen molar-refractivity contribution in [2.45, 2.75) is 0 Å². The van der Waals surface area contributed by atoms with E-state index in [2.05, 4.69) is 4.74 Å². The number of hydrogen-bond donors (Lipinski definition) is 1. The van der Waals surface area contributed by atoms with Gasteiger partial charge in [0.15, 0.2) is 5.90 Å². The van der Waals surface area contributed by atoms with E-state index >= 15 is 0 Å². The predicted molar refractivity (Wildman–Crippen MR) is 25.5 cm³/mol. The number of rotatable bonds is 1. The van der Waals surface area contributed by atoms with Crippen molar-refractivity contribution in [3.05, 3.63) is 0 Å². The van der Waals surface area contributed by atoms with Crippen LogP contribution in [-0.2, 0) is 4.74 Å². The van der Waals surface area contributed by atoms with Crippen molar-refractivity contribution in [1.82, 2.24) is 0 Å². The van der Waals surface area contributed by atoms with E-state index in [-0.39, 0.29) is 11.8 Å². The summed E-state index contributed by atoms with van der Waals surface area (Å²) in [5, 5.41) is 6.63. The third-order valence-corrected chi connectivity index (χ3v) is 0.611. The molecule has 0 saturated heterocycles. The van der Waals surface area contributed by atoms with Crippen LogP contribution in [0, 0.1) is 5.41 Å². The first-order chi connectivity index (χ1) is 2.81. The molecule has 6 heavy (non-hydrogen) atoms. The summed E-state index contributed by atoms with van der Waals surface area (Å²) in [6.45, 7) is 0. The van der Waals surface area contributed by atoms with Crippen LogP contribution in [0.4, 0.5) is 0 Å². The molecule has 0 aliphatic carbocycles. The molecule has 36 valence electrons. The van der Waals surface area contributed by atoms with Gasteiger partial charge in [-0.05, 0) is 0 Å². The Labute approximate surface area is 41.6 Å². The highest BCUT2D eigenvalue weighted by molar-refractivity contribution is 6.26. The van der Waals surface area contributed by atoms with Gasteiger partial charge >= 0.3 is 0 Å². The molecule has 0 heterocycles. The highest BCUT2D eigenvalue weighted by Gasteiger charge is 1.83. The molecule has 0 spiro atoms. The Morgan fingerprint density at radius 2 is 2.50 bits per heavy atom. The smallest absolute Gasteiger partial charge is 0.195 e. The van der Waals surface area contributed by atoms with E-state index in [1.807, 2.05) is 0 Å². The molecule has 3 heteroatoms. The monoisotopic (exact) mass is 107 g/mol. The van der Waals surface area contributed by atoms with Gasteiger partial charge in [0.1, 0.15) is 0 Å². The summed E-state index contributed by atoms with van der Waals surface area (Å²) in [5.74, 6) is 0.271. The van der Waals surface area contributed by atoms with Crippen LogP contribution in [0.3, 0.4) is 0 Å². The lowest BCUT2D eigenvalue weighted by Gasteiger charge is -1.90. The molecule has 0 saturated carbocycles. The second-order valence-corrected chi connectivity index (χ2v) is 1.03. The Bertz CT molecular complexity index is 48.8. The number of halogens is 1. The molecule has 1 N–H and O–H groups in total. The molecule has 0 aliphatic heterocycles. The Balaban J connectivity index is 2.99. The third kappa shape index (κ3) is 2.03. The maximum atomic E-state index is 6.63. The summed E-state index contributed by atoms with van der Waals surface area (Å²) in [6.07, 6.45) is 0. The van der Waals surface area contributed by atoms with Crippen LogP contribution in [-0.4, -0.2) is 18.9 Å². The first-order valence-electron chi connectivity index (χ1n) is 1.48. The summed E-state index contributed by atoms with van der Waals surface area (Å²) < 4.78 is 4.35. The molecule has 0 amide bonds. The molecule has 0 rings (SSSR count). The number of nitrogens with one attached hydrogen (secondary N) is 1. The van der Waals surface area contributed by atoms with Crippen LogP contribution in [0.5, 0.6) is 0 Å². The van der Waals surface area contributed by atoms with E-state index in [0.29, 0.717) is 0 Å². The molecule has 0 aliphatic rings. The first-order valence-corrected chi connectivity index (χ1v) is 2.02.